The number of carbonyl (C=O) groups is 2. The molecule has 2 atom stereocenters. The molecular formula is C33H32N4O5S. The Kier molecular flexibility index (Phi) is 7.54. The van der Waals surface area contributed by atoms with Crippen molar-refractivity contribution in [2.45, 2.75) is 31.1 Å². The number of thioether (sulfide) groups is 1. The highest BCUT2D eigenvalue weighted by atomic mass is 32.2. The summed E-state index contributed by atoms with van der Waals surface area (Å²) in [4.78, 5) is 28.9. The minimum Gasteiger partial charge on any atom is -0.454 e. The fourth-order valence-electron chi connectivity index (χ4n) is 5.84. The van der Waals surface area contributed by atoms with Gasteiger partial charge in [-0.3, -0.25) is 14.5 Å². The number of hydrogen-bond donors (Lipinski definition) is 1. The minimum atomic E-state index is -0.262. The van der Waals surface area contributed by atoms with E-state index in [1.165, 1.54) is 11.8 Å². The number of amides is 2. The normalized spacial score (nSPS) is 19.3. The second-order valence-electron chi connectivity index (χ2n) is 10.9. The number of fused-ring (bicyclic) bond motifs is 2. The topological polar surface area (TPSA) is 94.9 Å². The third-order valence-corrected chi connectivity index (χ3v) is 9.19. The zero-order chi connectivity index (χ0) is 29.3. The van der Waals surface area contributed by atoms with Gasteiger partial charge in [0.25, 0.3) is 0 Å². The molecule has 4 aromatic rings. The van der Waals surface area contributed by atoms with E-state index in [0.29, 0.717) is 30.5 Å². The number of nitrogens with zero attached hydrogens (tertiary/aromatic N) is 3. The molecule has 3 aliphatic rings. The van der Waals surface area contributed by atoms with Crippen molar-refractivity contribution >= 4 is 29.4 Å². The average molecular weight is 597 g/mol. The van der Waals surface area contributed by atoms with E-state index >= 15 is 0 Å². The third kappa shape index (κ3) is 5.48. The molecule has 43 heavy (non-hydrogen) atoms. The molecule has 1 fully saturated rings. The first-order valence-corrected chi connectivity index (χ1v) is 15.6. The number of aryl methyl sites for hydroxylation is 1. The molecule has 9 nitrogen and oxygen atoms in total. The lowest BCUT2D eigenvalue weighted by molar-refractivity contribution is -0.123. The maximum absolute atomic E-state index is 13.9. The van der Waals surface area contributed by atoms with Crippen LogP contribution in [0, 0.1) is 6.92 Å². The molecule has 3 aliphatic heterocycles. The molecule has 3 aromatic carbocycles. The van der Waals surface area contributed by atoms with Crippen molar-refractivity contribution in [2.24, 2.45) is 0 Å². The van der Waals surface area contributed by atoms with Gasteiger partial charge in [0.1, 0.15) is 12.4 Å². The molecule has 0 radical (unpaired) electrons. The van der Waals surface area contributed by atoms with Gasteiger partial charge >= 0.3 is 0 Å². The van der Waals surface area contributed by atoms with E-state index in [0.717, 1.165) is 46.5 Å². The number of benzene rings is 3. The van der Waals surface area contributed by atoms with Crippen molar-refractivity contribution in [1.82, 2.24) is 15.1 Å². The lowest BCUT2D eigenvalue weighted by Gasteiger charge is -2.23. The van der Waals surface area contributed by atoms with Crippen LogP contribution in [-0.2, 0) is 14.3 Å². The molecule has 2 amide bonds. The van der Waals surface area contributed by atoms with E-state index in [9.17, 15) is 9.59 Å². The lowest BCUT2D eigenvalue weighted by atomic mass is 9.99. The van der Waals surface area contributed by atoms with E-state index in [2.05, 4.69) is 5.32 Å². The Labute approximate surface area is 254 Å². The lowest BCUT2D eigenvalue weighted by Crippen LogP contribution is -2.44. The summed E-state index contributed by atoms with van der Waals surface area (Å²) in [7, 11) is 0. The molecule has 10 heteroatoms. The van der Waals surface area contributed by atoms with Gasteiger partial charge in [-0.25, -0.2) is 4.68 Å². The van der Waals surface area contributed by atoms with Crippen LogP contribution in [0.3, 0.4) is 0 Å². The molecule has 7 rings (SSSR count). The van der Waals surface area contributed by atoms with Crippen LogP contribution in [-0.4, -0.2) is 59.9 Å². The molecule has 1 saturated heterocycles. The van der Waals surface area contributed by atoms with Crippen LogP contribution in [0.15, 0.2) is 72.8 Å². The Bertz CT molecular complexity index is 1670. The first kappa shape index (κ1) is 27.5. The van der Waals surface area contributed by atoms with Crippen LogP contribution in [0.25, 0.3) is 16.9 Å². The number of anilines is 1. The molecule has 0 saturated carbocycles. The first-order chi connectivity index (χ1) is 21.0. The summed E-state index contributed by atoms with van der Waals surface area (Å²) in [5.41, 5.74) is 5.39. The van der Waals surface area contributed by atoms with Crippen LogP contribution >= 0.6 is 11.8 Å². The van der Waals surface area contributed by atoms with Gasteiger partial charge in [0.05, 0.1) is 28.5 Å². The van der Waals surface area contributed by atoms with Gasteiger partial charge in [-0.2, -0.15) is 5.10 Å². The van der Waals surface area contributed by atoms with Crippen molar-refractivity contribution in [2.75, 3.05) is 37.1 Å². The Morgan fingerprint density at radius 3 is 2.72 bits per heavy atom. The first-order valence-electron chi connectivity index (χ1n) is 14.5. The number of rotatable bonds is 7. The van der Waals surface area contributed by atoms with Crippen LogP contribution in [0.4, 0.5) is 5.82 Å². The van der Waals surface area contributed by atoms with E-state index in [4.69, 9.17) is 19.3 Å². The third-order valence-electron chi connectivity index (χ3n) is 7.93. The second kappa shape index (κ2) is 11.8. The highest BCUT2D eigenvalue weighted by Crippen LogP contribution is 2.50. The standard InChI is InChI=1S/C33H32N4O5S/c1-21-7-5-10-24(15-21)37-33-30(31(35-37)22-8-3-2-4-9-22)32(23-12-13-26-27(16-23)42-20-41-26)43-19-29(39)36(33)18-28(38)34-17-25-11-6-14-40-25/h2-5,7-10,12-13,15-16,25,32H,6,11,14,17-20H2,1H3,(H,34,38)/t25-,32+/m1/s1. The summed E-state index contributed by atoms with van der Waals surface area (Å²) >= 11 is 1.53. The maximum Gasteiger partial charge on any atom is 0.240 e. The molecule has 0 unspecified atom stereocenters. The quantitative estimate of drug-likeness (QED) is 0.319. The largest absolute Gasteiger partial charge is 0.454 e. The van der Waals surface area contributed by atoms with Crippen molar-refractivity contribution in [3.63, 3.8) is 0 Å². The van der Waals surface area contributed by atoms with Gasteiger partial charge in [0.2, 0.25) is 18.6 Å². The predicted octanol–water partition coefficient (Wildman–Crippen LogP) is 5.04. The predicted molar refractivity (Wildman–Crippen MR) is 165 cm³/mol. The van der Waals surface area contributed by atoms with Gasteiger partial charge in [-0.15, -0.1) is 11.8 Å². The summed E-state index contributed by atoms with van der Waals surface area (Å²) in [6.45, 7) is 3.21. The molecule has 0 spiro atoms. The smallest absolute Gasteiger partial charge is 0.240 e. The number of carbonyl (C=O) groups excluding carboxylic acids is 2. The van der Waals surface area contributed by atoms with Gasteiger partial charge in [-0.05, 0) is 55.2 Å². The van der Waals surface area contributed by atoms with Crippen LogP contribution < -0.4 is 19.7 Å². The zero-order valence-electron chi connectivity index (χ0n) is 23.8. The fraction of sp³-hybridized carbons (Fsp3) is 0.303. The zero-order valence-corrected chi connectivity index (χ0v) is 24.6. The molecule has 1 N–H and O–H groups in total. The van der Waals surface area contributed by atoms with Crippen LogP contribution in [0.2, 0.25) is 0 Å². The summed E-state index contributed by atoms with van der Waals surface area (Å²) in [6.07, 6.45) is 1.92. The summed E-state index contributed by atoms with van der Waals surface area (Å²) in [5.74, 6) is 1.76. The van der Waals surface area contributed by atoms with Gasteiger partial charge in [0.15, 0.2) is 11.5 Å². The molecule has 0 bridgehead atoms. The number of aromatic nitrogens is 2. The molecule has 220 valence electrons. The molecule has 1 aromatic heterocycles. The molecule has 4 heterocycles. The van der Waals surface area contributed by atoms with E-state index in [1.807, 2.05) is 84.4 Å². The second-order valence-corrected chi connectivity index (χ2v) is 12.0. The highest BCUT2D eigenvalue weighted by molar-refractivity contribution is 8.00. The minimum absolute atomic E-state index is 0.00722. The van der Waals surface area contributed by atoms with E-state index in [1.54, 1.807) is 4.90 Å². The van der Waals surface area contributed by atoms with Crippen molar-refractivity contribution in [3.8, 4) is 28.4 Å². The number of ether oxygens (including phenoxy) is 3. The maximum atomic E-state index is 13.9. The van der Waals surface area contributed by atoms with Gasteiger partial charge < -0.3 is 19.5 Å². The number of hydrogen-bond acceptors (Lipinski definition) is 7. The molecule has 0 aliphatic carbocycles. The summed E-state index contributed by atoms with van der Waals surface area (Å²) < 4.78 is 18.8. The van der Waals surface area contributed by atoms with Crippen LogP contribution in [0.1, 0.15) is 34.8 Å². The molecular weight excluding hydrogens is 564 g/mol. The average Bonchev–Trinajstić information content (AvgIpc) is 3.78. The summed E-state index contributed by atoms with van der Waals surface area (Å²) in [5, 5.41) is 7.90. The highest BCUT2D eigenvalue weighted by Gasteiger charge is 2.38. The van der Waals surface area contributed by atoms with Crippen LogP contribution in [0.5, 0.6) is 11.5 Å². The van der Waals surface area contributed by atoms with Gasteiger partial charge in [-0.1, -0.05) is 48.5 Å². The fourth-order valence-corrected chi connectivity index (χ4v) is 7.03. The Morgan fingerprint density at radius 1 is 1.05 bits per heavy atom. The Balaban J connectivity index is 1.39. The Morgan fingerprint density at radius 2 is 1.91 bits per heavy atom. The monoisotopic (exact) mass is 596 g/mol. The van der Waals surface area contributed by atoms with E-state index < -0.39 is 0 Å². The number of nitrogens with one attached hydrogen (secondary N) is 1. The SMILES string of the molecule is Cc1cccc(-n2nc(-c3ccccc3)c3c2N(CC(=O)NC[C@H]2CCCO2)C(=O)CS[C@H]3c2ccc3c(c2)OCO3)c1. The van der Waals surface area contributed by atoms with Crippen molar-refractivity contribution in [1.29, 1.82) is 0 Å². The van der Waals surface area contributed by atoms with Gasteiger partial charge in [0, 0.05) is 24.3 Å². The van der Waals surface area contributed by atoms with Crippen molar-refractivity contribution < 1.29 is 23.8 Å². The Hall–Kier alpha value is -4.28. The van der Waals surface area contributed by atoms with E-state index in [-0.39, 0.29) is 42.3 Å². The van der Waals surface area contributed by atoms with Crippen molar-refractivity contribution in [3.05, 3.63) is 89.5 Å². The summed E-state index contributed by atoms with van der Waals surface area (Å²) in [6, 6.07) is 23.9.